The number of rotatable bonds is 9. The van der Waals surface area contributed by atoms with E-state index in [9.17, 15) is 0 Å². The van der Waals surface area contributed by atoms with Crippen LogP contribution in [0.4, 0.5) is 0 Å². The van der Waals surface area contributed by atoms with E-state index in [1.807, 2.05) is 0 Å². The molecule has 0 aliphatic rings. The van der Waals surface area contributed by atoms with Crippen LogP contribution in [0.3, 0.4) is 0 Å². The molecular formula is C66H71O2P3Ru. The Morgan fingerprint density at radius 3 is 0.403 bits per heavy atom. The molecule has 0 aliphatic carbocycles. The molecule has 0 saturated carbocycles. The third-order valence-corrected chi connectivity index (χ3v) is 19.0. The summed E-state index contributed by atoms with van der Waals surface area (Å²) in [6.07, 6.45) is 0. The third-order valence-electron chi connectivity index (χ3n) is 11.6. The van der Waals surface area contributed by atoms with Crippen LogP contribution in [0.15, 0.2) is 218 Å². The summed E-state index contributed by atoms with van der Waals surface area (Å²) in [7, 11) is -1.45. The number of benzene rings is 9. The van der Waals surface area contributed by atoms with Crippen molar-refractivity contribution in [1.82, 2.24) is 0 Å². The van der Waals surface area contributed by atoms with Gasteiger partial charge in [-0.2, -0.15) is 0 Å². The topological polar surface area (TPSA) is 40.1 Å². The molecule has 9 aromatic rings. The number of aliphatic hydroxyl groups is 1. The first-order chi connectivity index (χ1) is 34.3. The normalized spacial score (nSPS) is 10.3. The van der Waals surface area contributed by atoms with Crippen LogP contribution >= 0.6 is 23.8 Å². The zero-order valence-corrected chi connectivity index (χ0v) is 48.0. The predicted octanol–water partition coefficient (Wildman–Crippen LogP) is 13.3. The third kappa shape index (κ3) is 18.0. The smallest absolute Gasteiger partial charge is 1.00 e. The monoisotopic (exact) mass is 1090 g/mol. The molecule has 6 heteroatoms. The average Bonchev–Trinajstić information content (AvgIpc) is 3.38. The van der Waals surface area contributed by atoms with E-state index in [0.717, 1.165) is 0 Å². The molecule has 0 fully saturated rings. The zero-order valence-electron chi connectivity index (χ0n) is 45.5. The van der Waals surface area contributed by atoms with E-state index in [4.69, 9.17) is 9.76 Å². The molecule has 1 N–H and O–H groups in total. The van der Waals surface area contributed by atoms with Gasteiger partial charge < -0.3 is 7.96 Å². The molecule has 0 saturated heterocycles. The predicted molar refractivity (Wildman–Crippen MR) is 317 cm³/mol. The maximum absolute atomic E-state index is 7.57. The molecule has 0 radical (unpaired) electrons. The van der Waals surface area contributed by atoms with E-state index < -0.39 is 23.8 Å². The molecule has 0 heterocycles. The van der Waals surface area contributed by atoms with Gasteiger partial charge in [0.15, 0.2) is 0 Å². The molecule has 0 aromatic heterocycles. The van der Waals surface area contributed by atoms with E-state index in [2.05, 4.69) is 287 Å². The van der Waals surface area contributed by atoms with Crippen molar-refractivity contribution in [3.05, 3.63) is 275 Å². The second-order valence-electron chi connectivity index (χ2n) is 17.8. The fourth-order valence-corrected chi connectivity index (χ4v) is 14.3. The van der Waals surface area contributed by atoms with Gasteiger partial charge in [-0.3, -0.25) is 0 Å². The minimum absolute atomic E-state index is 0. The Kier molecular flexibility index (Phi) is 25.1. The van der Waals surface area contributed by atoms with Crippen molar-refractivity contribution in [2.75, 3.05) is 6.61 Å². The van der Waals surface area contributed by atoms with Crippen LogP contribution in [-0.4, -0.2) is 11.7 Å². The Labute approximate surface area is 451 Å². The summed E-state index contributed by atoms with van der Waals surface area (Å²) >= 11 is 0. The second kappa shape index (κ2) is 30.6. The number of hydrogen-bond donors (Lipinski definition) is 1. The van der Waals surface area contributed by atoms with Crippen LogP contribution in [0.25, 0.3) is 0 Å². The maximum Gasteiger partial charge on any atom is 2.00 e. The van der Waals surface area contributed by atoms with Gasteiger partial charge in [-0.05, 0) is 141 Å². The summed E-state index contributed by atoms with van der Waals surface area (Å²) in [4.78, 5) is 0. The largest absolute Gasteiger partial charge is 2.00 e. The number of hydrogen-bond acceptors (Lipinski definition) is 1. The van der Waals surface area contributed by atoms with Gasteiger partial charge in [-0.15, -0.1) is 0 Å². The van der Waals surface area contributed by atoms with Gasteiger partial charge >= 0.3 is 30.8 Å². The minimum Gasteiger partial charge on any atom is -1.00 e. The summed E-state index contributed by atoms with van der Waals surface area (Å²) < 4.78 is 7.50. The first-order valence-corrected chi connectivity index (χ1v) is 28.2. The first kappa shape index (κ1) is 59.2. The molecule has 72 heavy (non-hydrogen) atoms. The van der Waals surface area contributed by atoms with Gasteiger partial charge in [0.2, 0.25) is 0 Å². The van der Waals surface area contributed by atoms with Crippen molar-refractivity contribution in [1.29, 1.82) is 0 Å². The van der Waals surface area contributed by atoms with E-state index in [-0.39, 0.29) is 28.9 Å². The van der Waals surface area contributed by atoms with Gasteiger partial charge in [-0.25, -0.2) is 0 Å². The van der Waals surface area contributed by atoms with Crippen molar-refractivity contribution in [2.24, 2.45) is 0 Å². The SMILES string of the molecule is CCO.Cc1ccc(P(c2ccc(C)cc2)c2ccc(C)cc2)cc1.Cc1ccc(P(c2ccc(C)cc2)c2ccc(C)cc2)cc1.Cc1ccc(P(c2ccc(C)cc2)c2ccc(C)cc2)cc1.[C-]#[O+].[H-].[H-].[Ru+2]. The molecule has 9 aromatic carbocycles. The van der Waals surface area contributed by atoms with E-state index in [0.29, 0.717) is 0 Å². The molecule has 0 unspecified atom stereocenters. The van der Waals surface area contributed by atoms with Crippen LogP contribution < -0.4 is 47.7 Å². The number of aryl methyl sites for hydroxylation is 9. The van der Waals surface area contributed by atoms with Crippen molar-refractivity contribution in [2.45, 2.75) is 69.2 Å². The standard InChI is InChI=1S/3C21H21P.C2H6O.CO.Ru.2H/c3*1-16-4-10-19(11-5-16)22(20-12-6-17(2)7-13-20)21-14-8-18(3)9-15-21;1-2-3;1-2;;;/h3*4-15H,1-3H3;3H,2H2,1H3;;;;/q;;;;;+2;2*-1. The van der Waals surface area contributed by atoms with E-state index in [1.165, 1.54) is 97.8 Å². The van der Waals surface area contributed by atoms with Crippen LogP contribution in [0.1, 0.15) is 59.8 Å². The molecule has 0 amide bonds. The van der Waals surface area contributed by atoms with Gasteiger partial charge in [0.05, 0.1) is 0 Å². The number of aliphatic hydroxyl groups excluding tert-OH is 1. The molecule has 9 rings (SSSR count). The summed E-state index contributed by atoms with van der Waals surface area (Å²) in [5, 5.41) is 20.3. The Morgan fingerprint density at radius 2 is 0.333 bits per heavy atom. The van der Waals surface area contributed by atoms with Gasteiger partial charge in [-0.1, -0.05) is 268 Å². The Balaban J connectivity index is 0.000000357. The average molecular weight is 1090 g/mol. The van der Waals surface area contributed by atoms with Crippen LogP contribution in [0.2, 0.25) is 0 Å². The van der Waals surface area contributed by atoms with E-state index in [1.54, 1.807) is 6.92 Å². The Bertz CT molecular complexity index is 2310. The van der Waals surface area contributed by atoms with Crippen molar-refractivity contribution < 1.29 is 32.1 Å². The van der Waals surface area contributed by atoms with Gasteiger partial charge in [0.25, 0.3) is 0 Å². The molecule has 0 spiro atoms. The van der Waals surface area contributed by atoms with Crippen molar-refractivity contribution in [3.8, 4) is 0 Å². The summed E-state index contributed by atoms with van der Waals surface area (Å²) in [5.41, 5.74) is 11.8. The molecule has 0 bridgehead atoms. The molecule has 0 aliphatic heterocycles. The quantitative estimate of drug-likeness (QED) is 0.0665. The van der Waals surface area contributed by atoms with E-state index >= 15 is 0 Å². The van der Waals surface area contributed by atoms with Crippen LogP contribution in [0.5, 0.6) is 0 Å². The summed E-state index contributed by atoms with van der Waals surface area (Å²) in [5.74, 6) is 0. The molecular weight excluding hydrogens is 1020 g/mol. The van der Waals surface area contributed by atoms with Crippen LogP contribution in [-0.2, 0) is 24.1 Å². The van der Waals surface area contributed by atoms with Gasteiger partial charge in [0.1, 0.15) is 0 Å². The van der Waals surface area contributed by atoms with Crippen LogP contribution in [0, 0.1) is 69.0 Å². The fraction of sp³-hybridized carbons (Fsp3) is 0.167. The zero-order chi connectivity index (χ0) is 51.3. The Morgan fingerprint density at radius 1 is 0.264 bits per heavy atom. The van der Waals surface area contributed by atoms with Crippen molar-refractivity contribution >= 4 is 71.5 Å². The Hall–Kier alpha value is -5.41. The minimum atomic E-state index is -0.483. The molecule has 0 atom stereocenters. The first-order valence-electron chi connectivity index (χ1n) is 24.1. The molecule has 2 nitrogen and oxygen atoms in total. The summed E-state index contributed by atoms with van der Waals surface area (Å²) in [6.45, 7) is 25.7. The second-order valence-corrected chi connectivity index (χ2v) is 24.5. The summed E-state index contributed by atoms with van der Waals surface area (Å²) in [6, 6.07) is 80.9. The molecule has 370 valence electrons. The maximum atomic E-state index is 7.57. The van der Waals surface area contributed by atoms with Crippen molar-refractivity contribution in [3.63, 3.8) is 0 Å². The van der Waals surface area contributed by atoms with Gasteiger partial charge in [0, 0.05) is 6.61 Å². The fourth-order valence-electron chi connectivity index (χ4n) is 7.59.